The Morgan fingerprint density at radius 1 is 1.14 bits per heavy atom. The van der Waals surface area contributed by atoms with Crippen molar-refractivity contribution in [2.24, 2.45) is 5.92 Å². The molecule has 1 aromatic carbocycles. The lowest BCUT2D eigenvalue weighted by Gasteiger charge is -2.10. The summed E-state index contributed by atoms with van der Waals surface area (Å²) >= 11 is 0. The maximum absolute atomic E-state index is 11.7. The molecule has 0 fully saturated rings. The van der Waals surface area contributed by atoms with Crippen molar-refractivity contribution in [3.05, 3.63) is 35.9 Å². The third-order valence-corrected chi connectivity index (χ3v) is 3.07. The Balaban J connectivity index is 2.12. The lowest BCUT2D eigenvalue weighted by Crippen LogP contribution is -2.30. The van der Waals surface area contributed by atoms with Crippen LogP contribution in [0.4, 0.5) is 0 Å². The number of carboxylic acid groups (broad SMARTS) is 1. The van der Waals surface area contributed by atoms with Crippen LogP contribution in [0.3, 0.4) is 0 Å². The molecular formula is C16H22N2O4. The minimum absolute atomic E-state index is 0.0351. The molecule has 0 saturated carbocycles. The number of rotatable bonds is 9. The number of hydrogen-bond donors (Lipinski definition) is 3. The first-order valence-corrected chi connectivity index (χ1v) is 7.30. The Morgan fingerprint density at radius 2 is 1.82 bits per heavy atom. The van der Waals surface area contributed by atoms with E-state index < -0.39 is 5.97 Å². The summed E-state index contributed by atoms with van der Waals surface area (Å²) in [5.41, 5.74) is 0.592. The van der Waals surface area contributed by atoms with Gasteiger partial charge in [0.1, 0.15) is 0 Å². The van der Waals surface area contributed by atoms with Gasteiger partial charge in [-0.1, -0.05) is 25.1 Å². The molecule has 0 bridgehead atoms. The molecule has 1 unspecified atom stereocenters. The molecule has 0 heterocycles. The number of carbonyl (C=O) groups excluding carboxylic acids is 2. The van der Waals surface area contributed by atoms with E-state index in [0.29, 0.717) is 31.5 Å². The Labute approximate surface area is 129 Å². The van der Waals surface area contributed by atoms with Crippen LogP contribution in [-0.2, 0) is 9.59 Å². The molecular weight excluding hydrogens is 284 g/mol. The van der Waals surface area contributed by atoms with Gasteiger partial charge in [-0.2, -0.15) is 0 Å². The van der Waals surface area contributed by atoms with E-state index in [1.165, 1.54) is 0 Å². The number of carboxylic acids is 1. The molecule has 0 radical (unpaired) electrons. The topological polar surface area (TPSA) is 95.5 Å². The van der Waals surface area contributed by atoms with Crippen LogP contribution in [0.1, 0.15) is 36.5 Å². The molecule has 1 rings (SSSR count). The van der Waals surface area contributed by atoms with E-state index in [1.54, 1.807) is 31.2 Å². The zero-order valence-corrected chi connectivity index (χ0v) is 12.7. The molecule has 6 heteroatoms. The van der Waals surface area contributed by atoms with Gasteiger partial charge in [0.15, 0.2) is 0 Å². The highest BCUT2D eigenvalue weighted by Gasteiger charge is 2.09. The summed E-state index contributed by atoms with van der Waals surface area (Å²) in [6, 6.07) is 8.88. The standard InChI is InChI=1S/C16H22N2O4/c1-12(10-15(20)21)11-18-14(19)8-5-9-17-16(22)13-6-3-2-4-7-13/h2-4,6-7,12H,5,8-11H2,1H3,(H,17,22)(H,18,19)(H,20,21). The van der Waals surface area contributed by atoms with Gasteiger partial charge in [-0.3, -0.25) is 14.4 Å². The van der Waals surface area contributed by atoms with E-state index in [9.17, 15) is 14.4 Å². The smallest absolute Gasteiger partial charge is 0.303 e. The van der Waals surface area contributed by atoms with Gasteiger partial charge in [-0.15, -0.1) is 0 Å². The zero-order chi connectivity index (χ0) is 16.4. The first-order chi connectivity index (χ1) is 10.5. The van der Waals surface area contributed by atoms with E-state index >= 15 is 0 Å². The summed E-state index contributed by atoms with van der Waals surface area (Å²) in [5.74, 6) is -1.26. The van der Waals surface area contributed by atoms with Gasteiger partial charge in [-0.25, -0.2) is 0 Å². The molecule has 0 aliphatic carbocycles. The first-order valence-electron chi connectivity index (χ1n) is 7.30. The van der Waals surface area contributed by atoms with Crippen molar-refractivity contribution in [3.8, 4) is 0 Å². The highest BCUT2D eigenvalue weighted by Crippen LogP contribution is 2.00. The minimum atomic E-state index is -0.870. The van der Waals surface area contributed by atoms with Gasteiger partial charge in [0.05, 0.1) is 0 Å². The number of hydrogen-bond acceptors (Lipinski definition) is 3. The van der Waals surface area contributed by atoms with E-state index in [0.717, 1.165) is 0 Å². The SMILES string of the molecule is CC(CNC(=O)CCCNC(=O)c1ccccc1)CC(=O)O. The maximum Gasteiger partial charge on any atom is 0.303 e. The summed E-state index contributed by atoms with van der Waals surface area (Å²) in [6.45, 7) is 2.54. The zero-order valence-electron chi connectivity index (χ0n) is 12.7. The van der Waals surface area contributed by atoms with E-state index in [4.69, 9.17) is 5.11 Å². The van der Waals surface area contributed by atoms with Crippen LogP contribution in [0, 0.1) is 5.92 Å². The van der Waals surface area contributed by atoms with Gasteiger partial charge in [-0.05, 0) is 24.5 Å². The molecule has 120 valence electrons. The molecule has 0 aliphatic heterocycles. The van der Waals surface area contributed by atoms with Crippen molar-refractivity contribution in [2.75, 3.05) is 13.1 Å². The predicted octanol–water partition coefficient (Wildman–Crippen LogP) is 1.42. The van der Waals surface area contributed by atoms with Crippen molar-refractivity contribution >= 4 is 17.8 Å². The van der Waals surface area contributed by atoms with Gasteiger partial charge < -0.3 is 15.7 Å². The van der Waals surface area contributed by atoms with Crippen molar-refractivity contribution < 1.29 is 19.5 Å². The highest BCUT2D eigenvalue weighted by atomic mass is 16.4. The largest absolute Gasteiger partial charge is 0.481 e. The average molecular weight is 306 g/mol. The summed E-state index contributed by atoms with van der Waals surface area (Å²) in [7, 11) is 0. The van der Waals surface area contributed by atoms with Crippen LogP contribution in [0.5, 0.6) is 0 Å². The number of amides is 2. The molecule has 1 atom stereocenters. The Kier molecular flexibility index (Phi) is 7.67. The second-order valence-electron chi connectivity index (χ2n) is 5.23. The molecule has 0 spiro atoms. The van der Waals surface area contributed by atoms with Crippen molar-refractivity contribution in [1.29, 1.82) is 0 Å². The number of carbonyl (C=O) groups is 3. The molecule has 1 aromatic rings. The van der Waals surface area contributed by atoms with Gasteiger partial charge in [0.2, 0.25) is 5.91 Å². The van der Waals surface area contributed by atoms with Crippen LogP contribution in [0.15, 0.2) is 30.3 Å². The normalized spacial score (nSPS) is 11.5. The molecule has 0 aromatic heterocycles. The van der Waals surface area contributed by atoms with Gasteiger partial charge >= 0.3 is 5.97 Å². The summed E-state index contributed by atoms with van der Waals surface area (Å²) in [4.78, 5) is 33.8. The summed E-state index contributed by atoms with van der Waals surface area (Å²) in [5, 5.41) is 14.1. The summed E-state index contributed by atoms with van der Waals surface area (Å²) < 4.78 is 0. The van der Waals surface area contributed by atoms with E-state index in [1.807, 2.05) is 6.07 Å². The summed E-state index contributed by atoms with van der Waals surface area (Å²) in [6.07, 6.45) is 0.875. The molecule has 0 aliphatic rings. The average Bonchev–Trinajstić information content (AvgIpc) is 2.49. The second kappa shape index (κ2) is 9.55. The third-order valence-electron chi connectivity index (χ3n) is 3.07. The fraction of sp³-hybridized carbons (Fsp3) is 0.438. The monoisotopic (exact) mass is 306 g/mol. The number of aliphatic carboxylic acids is 1. The molecule has 0 saturated heterocycles. The first kappa shape index (κ1) is 17.7. The fourth-order valence-electron chi connectivity index (χ4n) is 1.89. The maximum atomic E-state index is 11.7. The van der Waals surface area contributed by atoms with Crippen molar-refractivity contribution in [2.45, 2.75) is 26.2 Å². The molecule has 6 nitrogen and oxygen atoms in total. The molecule has 2 amide bonds. The quantitative estimate of drug-likeness (QED) is 0.601. The molecule has 22 heavy (non-hydrogen) atoms. The Morgan fingerprint density at radius 3 is 2.45 bits per heavy atom. The van der Waals surface area contributed by atoms with Crippen LogP contribution < -0.4 is 10.6 Å². The van der Waals surface area contributed by atoms with Gasteiger partial charge in [0, 0.05) is 31.5 Å². The second-order valence-corrected chi connectivity index (χ2v) is 5.23. The van der Waals surface area contributed by atoms with Crippen molar-refractivity contribution in [1.82, 2.24) is 10.6 Å². The molecule has 3 N–H and O–H groups in total. The lowest BCUT2D eigenvalue weighted by molar-refractivity contribution is -0.138. The van der Waals surface area contributed by atoms with Crippen LogP contribution >= 0.6 is 0 Å². The van der Waals surface area contributed by atoms with Crippen LogP contribution in [0.2, 0.25) is 0 Å². The third kappa shape index (κ3) is 7.42. The van der Waals surface area contributed by atoms with Crippen LogP contribution in [-0.4, -0.2) is 36.0 Å². The number of nitrogens with one attached hydrogen (secondary N) is 2. The van der Waals surface area contributed by atoms with E-state index in [2.05, 4.69) is 10.6 Å². The minimum Gasteiger partial charge on any atom is -0.481 e. The highest BCUT2D eigenvalue weighted by molar-refractivity contribution is 5.94. The predicted molar refractivity (Wildman–Crippen MR) is 82.4 cm³/mol. The van der Waals surface area contributed by atoms with E-state index in [-0.39, 0.29) is 24.2 Å². The van der Waals surface area contributed by atoms with Crippen molar-refractivity contribution in [3.63, 3.8) is 0 Å². The van der Waals surface area contributed by atoms with Crippen LogP contribution in [0.25, 0.3) is 0 Å². The number of benzene rings is 1. The Bertz CT molecular complexity index is 502. The lowest BCUT2D eigenvalue weighted by atomic mass is 10.1. The van der Waals surface area contributed by atoms with Gasteiger partial charge in [0.25, 0.3) is 5.91 Å². The fourth-order valence-corrected chi connectivity index (χ4v) is 1.89. The Hall–Kier alpha value is -2.37.